The monoisotopic (exact) mass is 269 g/mol. The topological polar surface area (TPSA) is 30.3 Å². The number of nitrogens with zero attached hydrogens (tertiary/aromatic N) is 3. The minimum Gasteiger partial charge on any atom is -0.370 e. The highest BCUT2D eigenvalue weighted by molar-refractivity contribution is 5.60. The largest absolute Gasteiger partial charge is 0.370 e. The Morgan fingerprint density at radius 1 is 1.10 bits per heavy atom. The Bertz CT molecular complexity index is 503. The van der Waals surface area contributed by atoms with Crippen molar-refractivity contribution in [1.29, 1.82) is 5.26 Å². The van der Waals surface area contributed by atoms with Gasteiger partial charge in [-0.1, -0.05) is 6.07 Å². The molecule has 1 aromatic carbocycles. The average Bonchev–Trinajstić information content (AvgIpc) is 3.01. The minimum absolute atomic E-state index is 0.768. The van der Waals surface area contributed by atoms with E-state index in [1.807, 2.05) is 13.0 Å². The van der Waals surface area contributed by atoms with Gasteiger partial charge in [0.25, 0.3) is 0 Å². The Labute approximate surface area is 121 Å². The van der Waals surface area contributed by atoms with Crippen LogP contribution in [0.5, 0.6) is 0 Å². The molecule has 0 aliphatic carbocycles. The third-order valence-corrected chi connectivity index (χ3v) is 4.73. The van der Waals surface area contributed by atoms with E-state index in [9.17, 15) is 5.26 Å². The maximum Gasteiger partial charge on any atom is 0.101 e. The molecule has 0 N–H and O–H groups in total. The van der Waals surface area contributed by atoms with Crippen molar-refractivity contribution in [3.05, 3.63) is 29.3 Å². The van der Waals surface area contributed by atoms with E-state index < -0.39 is 0 Å². The van der Waals surface area contributed by atoms with Crippen LogP contribution in [0.1, 0.15) is 36.8 Å². The van der Waals surface area contributed by atoms with Crippen LogP contribution in [0.15, 0.2) is 18.2 Å². The van der Waals surface area contributed by atoms with Gasteiger partial charge in [0.05, 0.1) is 11.3 Å². The highest BCUT2D eigenvalue weighted by Gasteiger charge is 2.27. The summed E-state index contributed by atoms with van der Waals surface area (Å²) in [7, 11) is 0. The summed E-state index contributed by atoms with van der Waals surface area (Å²) in [5, 5.41) is 9.31. The number of likely N-dealkylation sites (tertiary alicyclic amines) is 1. The number of piperidine rings is 1. The van der Waals surface area contributed by atoms with Crippen molar-refractivity contribution < 1.29 is 0 Å². The van der Waals surface area contributed by atoms with Crippen LogP contribution in [0.3, 0.4) is 0 Å². The Morgan fingerprint density at radius 2 is 1.80 bits per heavy atom. The van der Waals surface area contributed by atoms with E-state index >= 15 is 0 Å². The fraction of sp³-hybridized carbons (Fsp3) is 0.588. The molecule has 0 bridgehead atoms. The molecular formula is C17H23N3. The zero-order valence-electron chi connectivity index (χ0n) is 12.3. The summed E-state index contributed by atoms with van der Waals surface area (Å²) in [4.78, 5) is 5.06. The second-order valence-corrected chi connectivity index (χ2v) is 6.09. The number of rotatable bonds is 2. The van der Waals surface area contributed by atoms with Crippen molar-refractivity contribution in [3.8, 4) is 6.07 Å². The van der Waals surface area contributed by atoms with Gasteiger partial charge in [0.15, 0.2) is 0 Å². The molecule has 2 heterocycles. The number of hydrogen-bond acceptors (Lipinski definition) is 3. The molecule has 0 amide bonds. The van der Waals surface area contributed by atoms with E-state index in [2.05, 4.69) is 28.0 Å². The van der Waals surface area contributed by atoms with Gasteiger partial charge in [-0.2, -0.15) is 5.26 Å². The number of benzene rings is 1. The predicted molar refractivity (Wildman–Crippen MR) is 81.9 cm³/mol. The summed E-state index contributed by atoms with van der Waals surface area (Å²) in [6, 6.07) is 9.35. The second-order valence-electron chi connectivity index (χ2n) is 6.09. The zero-order chi connectivity index (χ0) is 13.9. The van der Waals surface area contributed by atoms with Gasteiger partial charge >= 0.3 is 0 Å². The molecule has 2 saturated heterocycles. The van der Waals surface area contributed by atoms with E-state index in [4.69, 9.17) is 0 Å². The summed E-state index contributed by atoms with van der Waals surface area (Å²) in [5.74, 6) is 0. The Kier molecular flexibility index (Phi) is 3.93. The molecule has 0 saturated carbocycles. The standard InChI is InChI=1S/C17H23N3/c1-14-4-5-17(15(12-14)13-18)20-10-6-16(7-11-20)19-8-2-3-9-19/h4-5,12,16H,2-3,6-11H2,1H3. The fourth-order valence-corrected chi connectivity index (χ4v) is 3.59. The van der Waals surface area contributed by atoms with Gasteiger partial charge in [0.1, 0.15) is 6.07 Å². The second kappa shape index (κ2) is 5.85. The number of aryl methyl sites for hydroxylation is 1. The first-order valence-electron chi connectivity index (χ1n) is 7.77. The van der Waals surface area contributed by atoms with Crippen molar-refractivity contribution in [3.63, 3.8) is 0 Å². The van der Waals surface area contributed by atoms with Crippen LogP contribution in [-0.4, -0.2) is 37.1 Å². The molecule has 0 spiro atoms. The summed E-state index contributed by atoms with van der Waals surface area (Å²) in [5.41, 5.74) is 3.11. The molecule has 2 aliphatic heterocycles. The summed E-state index contributed by atoms with van der Waals surface area (Å²) < 4.78 is 0. The van der Waals surface area contributed by atoms with E-state index in [-0.39, 0.29) is 0 Å². The molecule has 2 fully saturated rings. The Balaban J connectivity index is 1.67. The number of anilines is 1. The third-order valence-electron chi connectivity index (χ3n) is 4.73. The van der Waals surface area contributed by atoms with E-state index in [0.29, 0.717) is 0 Å². The smallest absolute Gasteiger partial charge is 0.101 e. The molecular weight excluding hydrogens is 246 g/mol. The number of hydrogen-bond donors (Lipinski definition) is 0. The zero-order valence-corrected chi connectivity index (χ0v) is 12.3. The molecule has 0 atom stereocenters. The van der Waals surface area contributed by atoms with Gasteiger partial charge in [-0.15, -0.1) is 0 Å². The van der Waals surface area contributed by atoms with E-state index in [1.54, 1.807) is 0 Å². The summed E-state index contributed by atoms with van der Waals surface area (Å²) in [6.45, 7) is 6.79. The van der Waals surface area contributed by atoms with Crippen molar-refractivity contribution in [2.45, 2.75) is 38.6 Å². The lowest BCUT2D eigenvalue weighted by atomic mass is 10.0. The van der Waals surface area contributed by atoms with Crippen molar-refractivity contribution in [1.82, 2.24) is 4.90 Å². The number of nitriles is 1. The van der Waals surface area contributed by atoms with Crippen LogP contribution in [0.25, 0.3) is 0 Å². The van der Waals surface area contributed by atoms with Crippen molar-refractivity contribution in [2.24, 2.45) is 0 Å². The summed E-state index contributed by atoms with van der Waals surface area (Å²) >= 11 is 0. The van der Waals surface area contributed by atoms with Gasteiger partial charge in [-0.05, 0) is 63.4 Å². The molecule has 0 radical (unpaired) electrons. The Morgan fingerprint density at radius 3 is 2.45 bits per heavy atom. The van der Waals surface area contributed by atoms with Crippen LogP contribution >= 0.6 is 0 Å². The molecule has 3 heteroatoms. The SMILES string of the molecule is Cc1ccc(N2CCC(N3CCCC3)CC2)c(C#N)c1. The molecule has 2 aliphatic rings. The minimum atomic E-state index is 0.768. The van der Waals surface area contributed by atoms with Crippen LogP contribution in [0.2, 0.25) is 0 Å². The molecule has 3 rings (SSSR count). The molecule has 1 aromatic rings. The van der Waals surface area contributed by atoms with Gasteiger partial charge in [-0.25, -0.2) is 0 Å². The highest BCUT2D eigenvalue weighted by atomic mass is 15.2. The first kappa shape index (κ1) is 13.5. The van der Waals surface area contributed by atoms with Gasteiger partial charge in [-0.3, -0.25) is 0 Å². The quantitative estimate of drug-likeness (QED) is 0.827. The average molecular weight is 269 g/mol. The summed E-state index contributed by atoms with van der Waals surface area (Å²) in [6.07, 6.45) is 5.21. The van der Waals surface area contributed by atoms with Gasteiger partial charge in [0.2, 0.25) is 0 Å². The van der Waals surface area contributed by atoms with Gasteiger partial charge in [0, 0.05) is 19.1 Å². The fourth-order valence-electron chi connectivity index (χ4n) is 3.59. The first-order chi connectivity index (χ1) is 9.78. The Hall–Kier alpha value is -1.53. The van der Waals surface area contributed by atoms with Crippen LogP contribution < -0.4 is 4.90 Å². The van der Waals surface area contributed by atoms with Crippen molar-refractivity contribution in [2.75, 3.05) is 31.1 Å². The molecule has 0 aromatic heterocycles. The van der Waals surface area contributed by atoms with E-state index in [0.717, 1.165) is 35.9 Å². The van der Waals surface area contributed by atoms with Crippen molar-refractivity contribution >= 4 is 5.69 Å². The predicted octanol–water partition coefficient (Wildman–Crippen LogP) is 2.93. The first-order valence-corrected chi connectivity index (χ1v) is 7.77. The van der Waals surface area contributed by atoms with Crippen LogP contribution in [-0.2, 0) is 0 Å². The lowest BCUT2D eigenvalue weighted by molar-refractivity contribution is 0.208. The van der Waals surface area contributed by atoms with Crippen LogP contribution in [0, 0.1) is 18.3 Å². The van der Waals surface area contributed by atoms with Gasteiger partial charge < -0.3 is 9.80 Å². The molecule has 3 nitrogen and oxygen atoms in total. The van der Waals surface area contributed by atoms with Crippen LogP contribution in [0.4, 0.5) is 5.69 Å². The highest BCUT2D eigenvalue weighted by Crippen LogP contribution is 2.27. The maximum atomic E-state index is 9.31. The lowest BCUT2D eigenvalue weighted by Gasteiger charge is -2.38. The maximum absolute atomic E-state index is 9.31. The lowest BCUT2D eigenvalue weighted by Crippen LogP contribution is -2.44. The normalized spacial score (nSPS) is 21.1. The van der Waals surface area contributed by atoms with E-state index in [1.165, 1.54) is 38.8 Å². The molecule has 106 valence electrons. The third kappa shape index (κ3) is 2.66. The molecule has 0 unspecified atom stereocenters. The molecule has 20 heavy (non-hydrogen) atoms.